The van der Waals surface area contributed by atoms with Gasteiger partial charge in [-0.05, 0) is 12.5 Å². The highest BCUT2D eigenvalue weighted by Crippen LogP contribution is 2.19. The van der Waals surface area contributed by atoms with Crippen LogP contribution in [0.5, 0.6) is 0 Å². The molecule has 92 valence electrons. The van der Waals surface area contributed by atoms with Crippen molar-refractivity contribution in [3.8, 4) is 0 Å². The quantitative estimate of drug-likeness (QED) is 0.748. The van der Waals surface area contributed by atoms with Crippen LogP contribution in [0.1, 0.15) is 12.0 Å². The Morgan fingerprint density at radius 3 is 2.94 bits per heavy atom. The maximum Gasteiger partial charge on any atom is 0.0845 e. The second-order valence-electron chi connectivity index (χ2n) is 3.98. The fourth-order valence-electron chi connectivity index (χ4n) is 1.72. The molecule has 18 heavy (non-hydrogen) atoms. The van der Waals surface area contributed by atoms with Crippen molar-refractivity contribution in [2.75, 3.05) is 7.05 Å². The molecule has 0 saturated carbocycles. The molecule has 4 heteroatoms. The molecular formula is C14H16N4. The summed E-state index contributed by atoms with van der Waals surface area (Å²) in [5.74, 6) is 0. The highest BCUT2D eigenvalue weighted by molar-refractivity contribution is 6.25. The average Bonchev–Trinajstić information content (AvgIpc) is 2.83. The van der Waals surface area contributed by atoms with Crippen molar-refractivity contribution in [1.29, 1.82) is 0 Å². The monoisotopic (exact) mass is 240 g/mol. The van der Waals surface area contributed by atoms with Gasteiger partial charge in [0.25, 0.3) is 0 Å². The molecule has 0 N–H and O–H groups in total. The van der Waals surface area contributed by atoms with Crippen LogP contribution < -0.4 is 0 Å². The van der Waals surface area contributed by atoms with Crippen molar-refractivity contribution in [3.63, 3.8) is 0 Å². The Kier molecular flexibility index (Phi) is 3.67. The molecule has 0 spiro atoms. The van der Waals surface area contributed by atoms with Crippen LogP contribution in [0.4, 0.5) is 0 Å². The number of aliphatic imine (C=N–C) groups is 2. The van der Waals surface area contributed by atoms with E-state index in [1.165, 1.54) is 0 Å². The van der Waals surface area contributed by atoms with Crippen molar-refractivity contribution >= 4 is 17.5 Å². The predicted octanol–water partition coefficient (Wildman–Crippen LogP) is 2.42. The molecule has 4 nitrogen and oxygen atoms in total. The number of hydrogen-bond acceptors (Lipinski definition) is 3. The van der Waals surface area contributed by atoms with E-state index < -0.39 is 0 Å². The van der Waals surface area contributed by atoms with Gasteiger partial charge in [0.15, 0.2) is 0 Å². The van der Waals surface area contributed by atoms with Gasteiger partial charge in [-0.25, -0.2) is 0 Å². The molecule has 0 fully saturated rings. The van der Waals surface area contributed by atoms with Gasteiger partial charge >= 0.3 is 0 Å². The Morgan fingerprint density at radius 2 is 2.33 bits per heavy atom. The zero-order valence-electron chi connectivity index (χ0n) is 10.7. The second kappa shape index (κ2) is 5.40. The van der Waals surface area contributed by atoms with Gasteiger partial charge in [0, 0.05) is 37.6 Å². The molecule has 0 bridgehead atoms. The molecule has 1 aliphatic rings. The van der Waals surface area contributed by atoms with Crippen molar-refractivity contribution in [3.05, 3.63) is 48.5 Å². The minimum absolute atomic E-state index is 0.793. The maximum atomic E-state index is 4.44. The van der Waals surface area contributed by atoms with Crippen LogP contribution in [0.15, 0.2) is 52.9 Å². The van der Waals surface area contributed by atoms with E-state index in [1.807, 2.05) is 43.9 Å². The van der Waals surface area contributed by atoms with Gasteiger partial charge < -0.3 is 0 Å². The second-order valence-corrected chi connectivity index (χ2v) is 3.98. The Hall–Kier alpha value is -2.23. The minimum atomic E-state index is 0.793. The fraction of sp³-hybridized carbons (Fsp3) is 0.214. The lowest BCUT2D eigenvalue weighted by Gasteiger charge is -2.09. The first-order valence-electron chi connectivity index (χ1n) is 5.77. The normalized spacial score (nSPS) is 19.3. The SMILES string of the molecule is C=CCC=C1N=CC(c2cnn(C)c2)=CC1=NC. The summed E-state index contributed by atoms with van der Waals surface area (Å²) in [5.41, 5.74) is 3.85. The average molecular weight is 240 g/mol. The van der Waals surface area contributed by atoms with E-state index in [0.29, 0.717) is 0 Å². The summed E-state index contributed by atoms with van der Waals surface area (Å²) in [6.45, 7) is 3.70. The van der Waals surface area contributed by atoms with Crippen LogP contribution in [0, 0.1) is 0 Å². The number of aromatic nitrogens is 2. The van der Waals surface area contributed by atoms with Crippen LogP contribution in [0.2, 0.25) is 0 Å². The van der Waals surface area contributed by atoms with Crippen LogP contribution >= 0.6 is 0 Å². The third-order valence-electron chi connectivity index (χ3n) is 2.65. The number of hydrogen-bond donors (Lipinski definition) is 0. The summed E-state index contributed by atoms with van der Waals surface area (Å²) in [5, 5.41) is 4.16. The number of rotatable bonds is 3. The molecule has 1 aromatic heterocycles. The van der Waals surface area contributed by atoms with Crippen LogP contribution in [0.25, 0.3) is 5.57 Å². The highest BCUT2D eigenvalue weighted by Gasteiger charge is 2.11. The van der Waals surface area contributed by atoms with Gasteiger partial charge in [-0.1, -0.05) is 12.2 Å². The van der Waals surface area contributed by atoms with Crippen molar-refractivity contribution in [2.24, 2.45) is 17.0 Å². The Bertz CT molecular complexity index is 570. The molecule has 1 aromatic rings. The molecule has 0 unspecified atom stereocenters. The van der Waals surface area contributed by atoms with Crippen molar-refractivity contribution in [1.82, 2.24) is 9.78 Å². The summed E-state index contributed by atoms with van der Waals surface area (Å²) in [4.78, 5) is 8.70. The van der Waals surface area contributed by atoms with E-state index in [1.54, 1.807) is 11.7 Å². The van der Waals surface area contributed by atoms with Gasteiger partial charge in [-0.3, -0.25) is 14.7 Å². The molecule has 0 aromatic carbocycles. The topological polar surface area (TPSA) is 42.5 Å². The molecule has 0 aliphatic carbocycles. The van der Waals surface area contributed by atoms with Crippen molar-refractivity contribution < 1.29 is 0 Å². The first-order chi connectivity index (χ1) is 8.74. The third kappa shape index (κ3) is 2.53. The first-order valence-corrected chi connectivity index (χ1v) is 5.77. The third-order valence-corrected chi connectivity index (χ3v) is 2.65. The lowest BCUT2D eigenvalue weighted by Crippen LogP contribution is -2.05. The van der Waals surface area contributed by atoms with Gasteiger partial charge in [0.1, 0.15) is 0 Å². The molecule has 2 rings (SSSR count). The molecule has 0 radical (unpaired) electrons. The Labute approximate surface area is 107 Å². The molecule has 0 amide bonds. The molecule has 2 heterocycles. The molecule has 0 saturated heterocycles. The summed E-state index contributed by atoms with van der Waals surface area (Å²) in [6.07, 6.45) is 12.3. The fourth-order valence-corrected chi connectivity index (χ4v) is 1.72. The maximum absolute atomic E-state index is 4.44. The highest BCUT2D eigenvalue weighted by atomic mass is 15.2. The van der Waals surface area contributed by atoms with Crippen LogP contribution in [-0.4, -0.2) is 28.8 Å². The van der Waals surface area contributed by atoms with E-state index >= 15 is 0 Å². The number of allylic oxidation sites excluding steroid dienone is 4. The first kappa shape index (κ1) is 12.2. The standard InChI is InChI=1S/C14H16N4/c1-4-5-6-13-14(15-2)7-11(8-16-13)12-9-17-18(3)10-12/h4,6-10H,1,5H2,2-3H3. The smallest absolute Gasteiger partial charge is 0.0845 e. The van der Waals surface area contributed by atoms with Gasteiger partial charge in [0.05, 0.1) is 17.6 Å². The zero-order chi connectivity index (χ0) is 13.0. The van der Waals surface area contributed by atoms with E-state index in [4.69, 9.17) is 0 Å². The summed E-state index contributed by atoms with van der Waals surface area (Å²) in [7, 11) is 3.67. The van der Waals surface area contributed by atoms with Crippen molar-refractivity contribution in [2.45, 2.75) is 6.42 Å². The lowest BCUT2D eigenvalue weighted by molar-refractivity contribution is 0.767. The number of aryl methyl sites for hydroxylation is 1. The van der Waals surface area contributed by atoms with Gasteiger partial charge in [0.2, 0.25) is 0 Å². The van der Waals surface area contributed by atoms with E-state index in [2.05, 4.69) is 21.7 Å². The van der Waals surface area contributed by atoms with Crippen LogP contribution in [0.3, 0.4) is 0 Å². The van der Waals surface area contributed by atoms with E-state index in [9.17, 15) is 0 Å². The van der Waals surface area contributed by atoms with Gasteiger partial charge in [-0.15, -0.1) is 6.58 Å². The number of nitrogens with zero attached hydrogens (tertiary/aromatic N) is 4. The molecular weight excluding hydrogens is 224 g/mol. The zero-order valence-corrected chi connectivity index (χ0v) is 10.7. The summed E-state index contributed by atoms with van der Waals surface area (Å²) >= 11 is 0. The largest absolute Gasteiger partial charge is 0.286 e. The minimum Gasteiger partial charge on any atom is -0.286 e. The molecule has 1 aliphatic heterocycles. The van der Waals surface area contributed by atoms with E-state index in [0.717, 1.165) is 29.0 Å². The number of dihydropyridines is 1. The Morgan fingerprint density at radius 1 is 1.50 bits per heavy atom. The van der Waals surface area contributed by atoms with Gasteiger partial charge in [-0.2, -0.15) is 5.10 Å². The van der Waals surface area contributed by atoms with Crippen LogP contribution in [-0.2, 0) is 7.05 Å². The van der Waals surface area contributed by atoms with E-state index in [-0.39, 0.29) is 0 Å². The summed E-state index contributed by atoms with van der Waals surface area (Å²) < 4.78 is 1.77. The summed E-state index contributed by atoms with van der Waals surface area (Å²) in [6, 6.07) is 0. The Balaban J connectivity index is 2.31. The predicted molar refractivity (Wildman–Crippen MR) is 75.9 cm³/mol. The lowest BCUT2D eigenvalue weighted by atomic mass is 10.0. The molecule has 0 atom stereocenters.